The van der Waals surface area contributed by atoms with Gasteiger partial charge in [0.1, 0.15) is 0 Å². The quantitative estimate of drug-likeness (QED) is 0.516. The minimum Gasteiger partial charge on any atom is -0.361 e. The van der Waals surface area contributed by atoms with Crippen LogP contribution < -0.4 is 0 Å². The topological polar surface area (TPSA) is 27.1 Å². The van der Waals surface area contributed by atoms with Crippen LogP contribution in [0.25, 0.3) is 0 Å². The molecule has 0 amide bonds. The summed E-state index contributed by atoms with van der Waals surface area (Å²) >= 11 is 0. The summed E-state index contributed by atoms with van der Waals surface area (Å²) in [7, 11) is 2.08. The molecule has 0 heterocycles. The third-order valence-electron chi connectivity index (χ3n) is 3.22. The molecule has 0 aliphatic heterocycles. The van der Waals surface area contributed by atoms with Crippen molar-refractivity contribution in [3.05, 3.63) is 0 Å². The third kappa shape index (κ3) is 2.71. The maximum absolute atomic E-state index is 7.77. The van der Waals surface area contributed by atoms with Gasteiger partial charge in [-0.3, -0.25) is 5.41 Å². The highest BCUT2D eigenvalue weighted by Crippen LogP contribution is 2.26. The fourth-order valence-corrected chi connectivity index (χ4v) is 2.22. The average molecular weight is 182 g/mol. The van der Waals surface area contributed by atoms with Gasteiger partial charge in [-0.15, -0.1) is 0 Å². The first-order chi connectivity index (χ1) is 6.15. The fraction of sp³-hybridized carbons (Fsp3) is 0.909. The predicted octanol–water partition coefficient (Wildman–Crippen LogP) is 2.88. The second-order valence-electron chi connectivity index (χ2n) is 4.34. The van der Waals surface area contributed by atoms with E-state index in [2.05, 4.69) is 25.8 Å². The third-order valence-corrected chi connectivity index (χ3v) is 3.22. The Morgan fingerprint density at radius 1 is 1.46 bits per heavy atom. The molecule has 1 fully saturated rings. The van der Waals surface area contributed by atoms with Gasteiger partial charge in [0.05, 0.1) is 5.84 Å². The summed E-state index contributed by atoms with van der Waals surface area (Å²) in [6, 6.07) is 0.635. The van der Waals surface area contributed by atoms with E-state index in [9.17, 15) is 0 Å². The van der Waals surface area contributed by atoms with Crippen molar-refractivity contribution in [2.24, 2.45) is 5.92 Å². The molecule has 13 heavy (non-hydrogen) atoms. The van der Waals surface area contributed by atoms with Gasteiger partial charge in [-0.25, -0.2) is 0 Å². The zero-order valence-corrected chi connectivity index (χ0v) is 9.14. The van der Waals surface area contributed by atoms with Crippen molar-refractivity contribution in [3.8, 4) is 0 Å². The Labute approximate surface area is 81.8 Å². The van der Waals surface area contributed by atoms with Crippen LogP contribution in [0.1, 0.15) is 46.0 Å². The summed E-state index contributed by atoms with van der Waals surface area (Å²) in [5.74, 6) is 1.64. The summed E-state index contributed by atoms with van der Waals surface area (Å²) in [6.45, 7) is 4.39. The smallest absolute Gasteiger partial charge is 0.0954 e. The van der Waals surface area contributed by atoms with Crippen LogP contribution in [0.4, 0.5) is 0 Å². The van der Waals surface area contributed by atoms with Crippen molar-refractivity contribution in [2.45, 2.75) is 52.0 Å². The van der Waals surface area contributed by atoms with Gasteiger partial charge in [-0.05, 0) is 18.8 Å². The highest BCUT2D eigenvalue weighted by atomic mass is 15.2. The van der Waals surface area contributed by atoms with Crippen molar-refractivity contribution < 1.29 is 0 Å². The molecule has 0 aromatic rings. The van der Waals surface area contributed by atoms with Crippen LogP contribution >= 0.6 is 0 Å². The highest BCUT2D eigenvalue weighted by molar-refractivity contribution is 5.78. The summed E-state index contributed by atoms with van der Waals surface area (Å²) in [5, 5.41) is 7.77. The van der Waals surface area contributed by atoms with Gasteiger partial charge in [0.2, 0.25) is 0 Å². The number of hydrogen-bond donors (Lipinski definition) is 1. The maximum Gasteiger partial charge on any atom is 0.0954 e. The summed E-state index contributed by atoms with van der Waals surface area (Å²) in [6.07, 6.45) is 6.14. The molecule has 1 N–H and O–H groups in total. The van der Waals surface area contributed by atoms with E-state index in [0.717, 1.165) is 18.2 Å². The molecule has 0 aromatic heterocycles. The zero-order valence-electron chi connectivity index (χ0n) is 9.14. The number of rotatable bonds is 2. The molecule has 2 atom stereocenters. The molecular formula is C11H22N2. The largest absolute Gasteiger partial charge is 0.361 e. The van der Waals surface area contributed by atoms with Gasteiger partial charge in [0.25, 0.3) is 0 Å². The normalized spacial score (nSPS) is 28.5. The van der Waals surface area contributed by atoms with E-state index in [1.807, 2.05) is 0 Å². The van der Waals surface area contributed by atoms with Crippen LogP contribution in [0.3, 0.4) is 0 Å². The minimum atomic E-state index is 0.635. The van der Waals surface area contributed by atoms with E-state index in [0.29, 0.717) is 6.04 Å². The molecule has 2 nitrogen and oxygen atoms in total. The Bertz CT molecular complexity index is 177. The van der Waals surface area contributed by atoms with Crippen molar-refractivity contribution in [1.29, 1.82) is 5.41 Å². The van der Waals surface area contributed by atoms with Gasteiger partial charge in [0, 0.05) is 19.5 Å². The molecule has 0 aromatic carbocycles. The molecule has 0 saturated heterocycles. The standard InChI is InChI=1S/C11H22N2/c1-4-11(12)13(3)10-7-5-6-9(2)8-10/h9-10,12H,4-8H2,1-3H3. The van der Waals surface area contributed by atoms with Crippen molar-refractivity contribution in [3.63, 3.8) is 0 Å². The van der Waals surface area contributed by atoms with E-state index in [-0.39, 0.29) is 0 Å². The van der Waals surface area contributed by atoms with E-state index in [1.54, 1.807) is 0 Å². The zero-order chi connectivity index (χ0) is 9.84. The molecule has 0 radical (unpaired) electrons. The lowest BCUT2D eigenvalue weighted by Crippen LogP contribution is -2.39. The molecule has 76 valence electrons. The predicted molar refractivity (Wildman–Crippen MR) is 57.2 cm³/mol. The Hall–Kier alpha value is -0.530. The highest BCUT2D eigenvalue weighted by Gasteiger charge is 2.22. The lowest BCUT2D eigenvalue weighted by molar-refractivity contribution is 0.228. The molecular weight excluding hydrogens is 160 g/mol. The summed E-state index contributed by atoms with van der Waals surface area (Å²) in [4.78, 5) is 2.18. The molecule has 0 bridgehead atoms. The second-order valence-corrected chi connectivity index (χ2v) is 4.34. The minimum absolute atomic E-state index is 0.635. The van der Waals surface area contributed by atoms with Crippen LogP contribution in [0, 0.1) is 11.3 Å². The molecule has 2 heteroatoms. The van der Waals surface area contributed by atoms with Crippen LogP contribution in [0.5, 0.6) is 0 Å². The Balaban J connectivity index is 2.45. The number of hydrogen-bond acceptors (Lipinski definition) is 1. The average Bonchev–Trinajstić information content (AvgIpc) is 2.15. The molecule has 1 aliphatic carbocycles. The molecule has 0 spiro atoms. The van der Waals surface area contributed by atoms with Crippen LogP contribution in [0.2, 0.25) is 0 Å². The molecule has 1 aliphatic rings. The van der Waals surface area contributed by atoms with Crippen molar-refractivity contribution in [1.82, 2.24) is 4.90 Å². The lowest BCUT2D eigenvalue weighted by Gasteiger charge is -2.35. The van der Waals surface area contributed by atoms with Gasteiger partial charge >= 0.3 is 0 Å². The van der Waals surface area contributed by atoms with E-state index < -0.39 is 0 Å². The first kappa shape index (κ1) is 10.6. The van der Waals surface area contributed by atoms with Gasteiger partial charge in [-0.1, -0.05) is 26.7 Å². The molecule has 2 unspecified atom stereocenters. The monoisotopic (exact) mass is 182 g/mol. The second kappa shape index (κ2) is 4.64. The van der Waals surface area contributed by atoms with E-state index >= 15 is 0 Å². The van der Waals surface area contributed by atoms with Crippen molar-refractivity contribution in [2.75, 3.05) is 7.05 Å². The number of amidine groups is 1. The first-order valence-electron chi connectivity index (χ1n) is 5.45. The van der Waals surface area contributed by atoms with Crippen LogP contribution in [0.15, 0.2) is 0 Å². The van der Waals surface area contributed by atoms with E-state index in [1.165, 1.54) is 25.7 Å². The number of nitrogens with one attached hydrogen (secondary N) is 1. The Kier molecular flexibility index (Phi) is 3.76. The summed E-state index contributed by atoms with van der Waals surface area (Å²) in [5.41, 5.74) is 0. The van der Waals surface area contributed by atoms with Gasteiger partial charge in [0.15, 0.2) is 0 Å². The Morgan fingerprint density at radius 3 is 2.69 bits per heavy atom. The molecule has 1 rings (SSSR count). The van der Waals surface area contributed by atoms with Crippen LogP contribution in [-0.4, -0.2) is 23.8 Å². The maximum atomic E-state index is 7.77. The molecule has 1 saturated carbocycles. The fourth-order valence-electron chi connectivity index (χ4n) is 2.22. The lowest BCUT2D eigenvalue weighted by atomic mass is 9.86. The van der Waals surface area contributed by atoms with Crippen LogP contribution in [-0.2, 0) is 0 Å². The number of nitrogens with zero attached hydrogens (tertiary/aromatic N) is 1. The first-order valence-corrected chi connectivity index (χ1v) is 5.45. The van der Waals surface area contributed by atoms with Crippen molar-refractivity contribution >= 4 is 5.84 Å². The van der Waals surface area contributed by atoms with E-state index in [4.69, 9.17) is 5.41 Å². The Morgan fingerprint density at radius 2 is 2.15 bits per heavy atom. The van der Waals surface area contributed by atoms with Gasteiger partial charge in [-0.2, -0.15) is 0 Å². The SMILES string of the molecule is CCC(=N)N(C)C1CCCC(C)C1. The summed E-state index contributed by atoms with van der Waals surface area (Å²) < 4.78 is 0. The van der Waals surface area contributed by atoms with Gasteiger partial charge < -0.3 is 4.90 Å².